The van der Waals surface area contributed by atoms with E-state index in [0.717, 1.165) is 5.92 Å². The van der Waals surface area contributed by atoms with Crippen LogP contribution in [0.5, 0.6) is 0 Å². The van der Waals surface area contributed by atoms with Crippen LogP contribution in [-0.2, 0) is 0 Å². The van der Waals surface area contributed by atoms with Gasteiger partial charge in [-0.25, -0.2) is 0 Å². The Morgan fingerprint density at radius 1 is 1.07 bits per heavy atom. The highest BCUT2D eigenvalue weighted by Crippen LogP contribution is 2.21. The minimum absolute atomic E-state index is 0.709. The monoisotopic (exact) mass is 197 g/mol. The van der Waals surface area contributed by atoms with Gasteiger partial charge >= 0.3 is 0 Å². The van der Waals surface area contributed by atoms with Gasteiger partial charge in [0.1, 0.15) is 0 Å². The first-order chi connectivity index (χ1) is 6.83. The summed E-state index contributed by atoms with van der Waals surface area (Å²) in [4.78, 5) is 0. The molecule has 0 radical (unpaired) electrons. The van der Waals surface area contributed by atoms with Crippen molar-refractivity contribution in [2.75, 3.05) is 6.54 Å². The van der Waals surface area contributed by atoms with Crippen molar-refractivity contribution < 1.29 is 0 Å². The Hall–Kier alpha value is -0.0400. The van der Waals surface area contributed by atoms with Gasteiger partial charge in [-0.1, -0.05) is 39.0 Å². The van der Waals surface area contributed by atoms with Gasteiger partial charge in [0.15, 0.2) is 0 Å². The van der Waals surface area contributed by atoms with E-state index in [-0.39, 0.29) is 0 Å². The van der Waals surface area contributed by atoms with Crippen LogP contribution in [0.15, 0.2) is 0 Å². The summed E-state index contributed by atoms with van der Waals surface area (Å²) in [7, 11) is 0. The summed E-state index contributed by atoms with van der Waals surface area (Å²) in [5, 5.41) is 3.65. The van der Waals surface area contributed by atoms with Crippen LogP contribution in [-0.4, -0.2) is 12.6 Å². The molecule has 0 aliphatic heterocycles. The standard InChI is InChI=1S/C13H27N/c1-3-12(2)14-11-13-9-7-5-4-6-8-10-13/h12-14H,3-11H2,1-2H3. The molecule has 0 saturated heterocycles. The molecule has 0 heterocycles. The number of rotatable bonds is 4. The van der Waals surface area contributed by atoms with Crippen molar-refractivity contribution in [3.8, 4) is 0 Å². The van der Waals surface area contributed by atoms with Crippen LogP contribution >= 0.6 is 0 Å². The van der Waals surface area contributed by atoms with E-state index in [1.54, 1.807) is 0 Å². The van der Waals surface area contributed by atoms with Gasteiger partial charge in [0.2, 0.25) is 0 Å². The fourth-order valence-electron chi connectivity index (χ4n) is 2.26. The molecule has 1 N–H and O–H groups in total. The van der Waals surface area contributed by atoms with Gasteiger partial charge in [0, 0.05) is 6.04 Å². The van der Waals surface area contributed by atoms with E-state index in [2.05, 4.69) is 19.2 Å². The highest BCUT2D eigenvalue weighted by atomic mass is 14.9. The lowest BCUT2D eigenvalue weighted by molar-refractivity contribution is 0.346. The highest BCUT2D eigenvalue weighted by molar-refractivity contribution is 4.68. The van der Waals surface area contributed by atoms with E-state index in [1.165, 1.54) is 57.9 Å². The third kappa shape index (κ3) is 4.99. The SMILES string of the molecule is CCC(C)NCC1CCCCCCC1. The smallest absolute Gasteiger partial charge is 0.00362 e. The Kier molecular flexibility index (Phi) is 6.25. The molecule has 1 saturated carbocycles. The molecular weight excluding hydrogens is 170 g/mol. The second-order valence-corrected chi connectivity index (χ2v) is 4.93. The summed E-state index contributed by atoms with van der Waals surface area (Å²) < 4.78 is 0. The van der Waals surface area contributed by atoms with Crippen molar-refractivity contribution in [3.63, 3.8) is 0 Å². The molecule has 1 aliphatic carbocycles. The number of nitrogens with one attached hydrogen (secondary N) is 1. The van der Waals surface area contributed by atoms with E-state index in [9.17, 15) is 0 Å². The van der Waals surface area contributed by atoms with Gasteiger partial charge in [-0.2, -0.15) is 0 Å². The lowest BCUT2D eigenvalue weighted by Crippen LogP contribution is -2.30. The van der Waals surface area contributed by atoms with Gasteiger partial charge in [-0.15, -0.1) is 0 Å². The van der Waals surface area contributed by atoms with Crippen molar-refractivity contribution in [1.29, 1.82) is 0 Å². The molecule has 1 unspecified atom stereocenters. The predicted molar refractivity (Wildman–Crippen MR) is 63.6 cm³/mol. The van der Waals surface area contributed by atoms with Gasteiger partial charge < -0.3 is 5.32 Å². The summed E-state index contributed by atoms with van der Waals surface area (Å²) in [6, 6.07) is 0.709. The van der Waals surface area contributed by atoms with Crippen LogP contribution in [0.25, 0.3) is 0 Å². The average Bonchev–Trinajstić information content (AvgIpc) is 2.15. The maximum Gasteiger partial charge on any atom is 0.00362 e. The van der Waals surface area contributed by atoms with Crippen LogP contribution < -0.4 is 5.32 Å². The minimum atomic E-state index is 0.709. The van der Waals surface area contributed by atoms with E-state index < -0.39 is 0 Å². The lowest BCUT2D eigenvalue weighted by Gasteiger charge is -2.22. The molecule has 1 heteroatoms. The second kappa shape index (κ2) is 7.28. The second-order valence-electron chi connectivity index (χ2n) is 4.93. The van der Waals surface area contributed by atoms with Gasteiger partial charge in [0.05, 0.1) is 0 Å². The van der Waals surface area contributed by atoms with Crippen molar-refractivity contribution in [3.05, 3.63) is 0 Å². The minimum Gasteiger partial charge on any atom is -0.314 e. The summed E-state index contributed by atoms with van der Waals surface area (Å²) >= 11 is 0. The Bertz CT molecular complexity index is 125. The van der Waals surface area contributed by atoms with E-state index in [1.807, 2.05) is 0 Å². The lowest BCUT2D eigenvalue weighted by atomic mass is 9.91. The molecule has 84 valence electrons. The van der Waals surface area contributed by atoms with Crippen LogP contribution in [0.3, 0.4) is 0 Å². The molecular formula is C13H27N. The molecule has 1 atom stereocenters. The highest BCUT2D eigenvalue weighted by Gasteiger charge is 2.11. The zero-order valence-corrected chi connectivity index (χ0v) is 10.0. The third-order valence-corrected chi connectivity index (χ3v) is 3.59. The van der Waals surface area contributed by atoms with Gasteiger partial charge in [-0.3, -0.25) is 0 Å². The summed E-state index contributed by atoms with van der Waals surface area (Å²) in [6.45, 7) is 5.81. The first kappa shape index (κ1) is 12.0. The quantitative estimate of drug-likeness (QED) is 0.724. The third-order valence-electron chi connectivity index (χ3n) is 3.59. The van der Waals surface area contributed by atoms with Crippen molar-refractivity contribution in [2.45, 2.75) is 71.3 Å². The Morgan fingerprint density at radius 2 is 1.64 bits per heavy atom. The first-order valence-corrected chi connectivity index (χ1v) is 6.56. The molecule has 1 fully saturated rings. The van der Waals surface area contributed by atoms with E-state index >= 15 is 0 Å². The fourth-order valence-corrected chi connectivity index (χ4v) is 2.26. The topological polar surface area (TPSA) is 12.0 Å². The summed E-state index contributed by atoms with van der Waals surface area (Å²) in [6.07, 6.45) is 11.5. The van der Waals surface area contributed by atoms with E-state index in [4.69, 9.17) is 0 Å². The van der Waals surface area contributed by atoms with Crippen LogP contribution in [0.2, 0.25) is 0 Å². The van der Waals surface area contributed by atoms with Gasteiger partial charge in [0.25, 0.3) is 0 Å². The average molecular weight is 197 g/mol. The van der Waals surface area contributed by atoms with Crippen LogP contribution in [0.4, 0.5) is 0 Å². The zero-order valence-electron chi connectivity index (χ0n) is 10.0. The first-order valence-electron chi connectivity index (χ1n) is 6.56. The summed E-state index contributed by atoms with van der Waals surface area (Å²) in [5.41, 5.74) is 0. The van der Waals surface area contributed by atoms with E-state index in [0.29, 0.717) is 6.04 Å². The molecule has 1 rings (SSSR count). The molecule has 0 aromatic rings. The molecule has 0 aromatic carbocycles. The molecule has 0 amide bonds. The largest absolute Gasteiger partial charge is 0.314 e. The van der Waals surface area contributed by atoms with Crippen molar-refractivity contribution >= 4 is 0 Å². The fraction of sp³-hybridized carbons (Fsp3) is 1.00. The number of hydrogen-bond donors (Lipinski definition) is 1. The van der Waals surface area contributed by atoms with Crippen LogP contribution in [0.1, 0.15) is 65.2 Å². The summed E-state index contributed by atoms with van der Waals surface area (Å²) in [5.74, 6) is 0.962. The normalized spacial score (nSPS) is 22.7. The molecule has 0 aromatic heterocycles. The molecule has 0 spiro atoms. The molecule has 1 nitrogen and oxygen atoms in total. The molecule has 0 bridgehead atoms. The van der Waals surface area contributed by atoms with Gasteiger partial charge in [-0.05, 0) is 38.6 Å². The zero-order chi connectivity index (χ0) is 10.2. The molecule has 14 heavy (non-hydrogen) atoms. The maximum absolute atomic E-state index is 3.65. The maximum atomic E-state index is 3.65. The Morgan fingerprint density at radius 3 is 2.21 bits per heavy atom. The Balaban J connectivity index is 2.13. The van der Waals surface area contributed by atoms with Crippen LogP contribution in [0, 0.1) is 5.92 Å². The Labute approximate surface area is 89.7 Å². The number of hydrogen-bond acceptors (Lipinski definition) is 1. The predicted octanol–water partition coefficient (Wildman–Crippen LogP) is 3.74. The van der Waals surface area contributed by atoms with Crippen molar-refractivity contribution in [2.24, 2.45) is 5.92 Å². The molecule has 1 aliphatic rings. The van der Waals surface area contributed by atoms with Crippen molar-refractivity contribution in [1.82, 2.24) is 5.32 Å².